The second-order valence-corrected chi connectivity index (χ2v) is 6.50. The molecule has 0 aliphatic carbocycles. The predicted octanol–water partition coefficient (Wildman–Crippen LogP) is 1.81. The van der Waals surface area contributed by atoms with Crippen LogP contribution in [0.25, 0.3) is 0 Å². The van der Waals surface area contributed by atoms with E-state index in [4.69, 9.17) is 11.6 Å². The van der Waals surface area contributed by atoms with Crippen LogP contribution in [0.5, 0.6) is 0 Å². The van der Waals surface area contributed by atoms with Crippen LogP contribution < -0.4 is 9.83 Å². The van der Waals surface area contributed by atoms with Crippen molar-refractivity contribution in [1.29, 1.82) is 0 Å². The maximum Gasteiger partial charge on any atom is 0.261 e. The van der Waals surface area contributed by atoms with Crippen molar-refractivity contribution in [3.8, 4) is 0 Å². The van der Waals surface area contributed by atoms with Gasteiger partial charge in [0.15, 0.2) is 0 Å². The third-order valence-corrected chi connectivity index (χ3v) is 4.45. The smallest absolute Gasteiger partial charge is 0.261 e. The Bertz CT molecular complexity index is 785. The number of aromatic carboxylic acids is 1. The predicted molar refractivity (Wildman–Crippen MR) is 77.8 cm³/mol. The SMILES string of the molecule is Cc1cc(Cl)ccc1NS(=O)(=O)c1ccc(C(=O)[O-])cc1. The molecule has 2 aromatic carbocycles. The van der Waals surface area contributed by atoms with Gasteiger partial charge in [0.25, 0.3) is 10.0 Å². The number of benzene rings is 2. The van der Waals surface area contributed by atoms with Gasteiger partial charge in [-0.15, -0.1) is 0 Å². The first-order valence-corrected chi connectivity index (χ1v) is 7.76. The fourth-order valence-electron chi connectivity index (χ4n) is 1.72. The molecule has 0 heterocycles. The van der Waals surface area contributed by atoms with Gasteiger partial charge in [0, 0.05) is 5.02 Å². The zero-order valence-corrected chi connectivity index (χ0v) is 12.5. The molecule has 0 aliphatic rings. The molecule has 0 saturated carbocycles. The van der Waals surface area contributed by atoms with Crippen molar-refractivity contribution < 1.29 is 18.3 Å². The Kier molecular flexibility index (Phi) is 4.20. The highest BCUT2D eigenvalue weighted by Crippen LogP contribution is 2.23. The molecule has 0 unspecified atom stereocenters. The summed E-state index contributed by atoms with van der Waals surface area (Å²) in [5.41, 5.74) is 0.998. The van der Waals surface area contributed by atoms with Gasteiger partial charge < -0.3 is 9.90 Å². The number of rotatable bonds is 4. The van der Waals surface area contributed by atoms with E-state index in [0.29, 0.717) is 16.3 Å². The maximum atomic E-state index is 12.2. The van der Waals surface area contributed by atoms with E-state index in [9.17, 15) is 18.3 Å². The Morgan fingerprint density at radius 1 is 1.14 bits per heavy atom. The monoisotopic (exact) mass is 324 g/mol. The standard InChI is InChI=1S/C14H12ClNO4S/c1-9-8-11(15)4-7-13(9)16-21(19,20)12-5-2-10(3-6-12)14(17)18/h2-8,16H,1H3,(H,17,18)/p-1. The van der Waals surface area contributed by atoms with Crippen molar-refractivity contribution in [3.05, 3.63) is 58.6 Å². The number of anilines is 1. The average Bonchev–Trinajstić information content (AvgIpc) is 2.42. The average molecular weight is 325 g/mol. The minimum Gasteiger partial charge on any atom is -0.545 e. The molecule has 21 heavy (non-hydrogen) atoms. The van der Waals surface area contributed by atoms with Gasteiger partial charge in [0.1, 0.15) is 0 Å². The van der Waals surface area contributed by atoms with Crippen molar-refractivity contribution in [3.63, 3.8) is 0 Å². The van der Waals surface area contributed by atoms with Crippen molar-refractivity contribution in [1.82, 2.24) is 0 Å². The van der Waals surface area contributed by atoms with Gasteiger partial charge in [-0.05, 0) is 48.4 Å². The van der Waals surface area contributed by atoms with Gasteiger partial charge >= 0.3 is 0 Å². The van der Waals surface area contributed by atoms with Crippen molar-refractivity contribution in [2.45, 2.75) is 11.8 Å². The molecule has 0 atom stereocenters. The third kappa shape index (κ3) is 3.53. The third-order valence-electron chi connectivity index (χ3n) is 2.83. The van der Waals surface area contributed by atoms with Crippen LogP contribution in [0.2, 0.25) is 5.02 Å². The van der Waals surface area contributed by atoms with E-state index in [-0.39, 0.29) is 10.5 Å². The lowest BCUT2D eigenvalue weighted by atomic mass is 10.2. The lowest BCUT2D eigenvalue weighted by Gasteiger charge is -2.11. The number of nitrogens with one attached hydrogen (secondary N) is 1. The zero-order chi connectivity index (χ0) is 15.6. The molecule has 0 fully saturated rings. The molecule has 0 saturated heterocycles. The second kappa shape index (κ2) is 5.75. The number of sulfonamides is 1. The Labute approximate surface area is 127 Å². The van der Waals surface area contributed by atoms with Gasteiger partial charge in [0.05, 0.1) is 16.6 Å². The number of hydrogen-bond donors (Lipinski definition) is 1. The number of carboxylic acids is 1. The Morgan fingerprint density at radius 2 is 1.76 bits per heavy atom. The zero-order valence-electron chi connectivity index (χ0n) is 11.0. The van der Waals surface area contributed by atoms with Gasteiger partial charge in [0.2, 0.25) is 0 Å². The first-order chi connectivity index (χ1) is 9.79. The Hall–Kier alpha value is -2.05. The first-order valence-electron chi connectivity index (χ1n) is 5.90. The van der Waals surface area contributed by atoms with Gasteiger partial charge in [-0.25, -0.2) is 8.42 Å². The molecule has 0 aromatic heterocycles. The van der Waals surface area contributed by atoms with E-state index in [0.717, 1.165) is 0 Å². The molecule has 7 heteroatoms. The van der Waals surface area contributed by atoms with Crippen LogP contribution in [0.3, 0.4) is 0 Å². The number of halogens is 1. The summed E-state index contributed by atoms with van der Waals surface area (Å²) < 4.78 is 26.9. The van der Waals surface area contributed by atoms with Crippen LogP contribution in [0, 0.1) is 6.92 Å². The minimum atomic E-state index is -3.80. The highest BCUT2D eigenvalue weighted by atomic mass is 35.5. The summed E-state index contributed by atoms with van der Waals surface area (Å²) in [5.74, 6) is -1.36. The summed E-state index contributed by atoms with van der Waals surface area (Å²) in [6.45, 7) is 1.73. The number of aryl methyl sites for hydroxylation is 1. The van der Waals surface area contributed by atoms with Gasteiger partial charge in [-0.1, -0.05) is 23.7 Å². The molecule has 0 amide bonds. The summed E-state index contributed by atoms with van der Waals surface area (Å²) >= 11 is 5.81. The lowest BCUT2D eigenvalue weighted by molar-refractivity contribution is -0.255. The normalized spacial score (nSPS) is 11.1. The molecule has 0 radical (unpaired) electrons. The summed E-state index contributed by atoms with van der Waals surface area (Å²) in [7, 11) is -3.80. The molecular formula is C14H11ClNO4S-. The molecule has 110 valence electrons. The lowest BCUT2D eigenvalue weighted by Crippen LogP contribution is -2.22. The van der Waals surface area contributed by atoms with E-state index >= 15 is 0 Å². The Morgan fingerprint density at radius 3 is 2.29 bits per heavy atom. The second-order valence-electron chi connectivity index (χ2n) is 4.38. The van der Waals surface area contributed by atoms with E-state index in [1.165, 1.54) is 24.3 Å². The summed E-state index contributed by atoms with van der Waals surface area (Å²) in [5, 5.41) is 11.1. The van der Waals surface area contributed by atoms with Crippen molar-refractivity contribution in [2.24, 2.45) is 0 Å². The topological polar surface area (TPSA) is 86.3 Å². The molecular weight excluding hydrogens is 314 g/mol. The summed E-state index contributed by atoms with van der Waals surface area (Å²) in [4.78, 5) is 10.6. The molecule has 5 nitrogen and oxygen atoms in total. The largest absolute Gasteiger partial charge is 0.545 e. The van der Waals surface area contributed by atoms with Crippen molar-refractivity contribution in [2.75, 3.05) is 4.72 Å². The molecule has 1 N–H and O–H groups in total. The van der Waals surface area contributed by atoms with E-state index < -0.39 is 16.0 Å². The van der Waals surface area contributed by atoms with Crippen LogP contribution in [0.4, 0.5) is 5.69 Å². The maximum absolute atomic E-state index is 12.2. The van der Waals surface area contributed by atoms with Crippen LogP contribution in [0.1, 0.15) is 15.9 Å². The highest BCUT2D eigenvalue weighted by molar-refractivity contribution is 7.92. The number of carboxylic acid groups (broad SMARTS) is 1. The molecule has 0 aliphatic heterocycles. The van der Waals surface area contributed by atoms with Crippen LogP contribution >= 0.6 is 11.6 Å². The molecule has 0 spiro atoms. The highest BCUT2D eigenvalue weighted by Gasteiger charge is 2.15. The van der Waals surface area contributed by atoms with Crippen LogP contribution in [-0.2, 0) is 10.0 Å². The van der Waals surface area contributed by atoms with E-state index in [2.05, 4.69) is 4.72 Å². The van der Waals surface area contributed by atoms with Crippen LogP contribution in [-0.4, -0.2) is 14.4 Å². The minimum absolute atomic E-state index is 0.0400. The fraction of sp³-hybridized carbons (Fsp3) is 0.0714. The Balaban J connectivity index is 2.31. The molecule has 2 rings (SSSR count). The molecule has 0 bridgehead atoms. The number of carbonyl (C=O) groups excluding carboxylic acids is 1. The number of hydrogen-bond acceptors (Lipinski definition) is 4. The summed E-state index contributed by atoms with van der Waals surface area (Å²) in [6, 6.07) is 9.55. The number of carbonyl (C=O) groups is 1. The van der Waals surface area contributed by atoms with Gasteiger partial charge in [-0.3, -0.25) is 4.72 Å². The van der Waals surface area contributed by atoms with Crippen LogP contribution in [0.15, 0.2) is 47.4 Å². The fourth-order valence-corrected chi connectivity index (χ4v) is 3.07. The van der Waals surface area contributed by atoms with Gasteiger partial charge in [-0.2, -0.15) is 0 Å². The van der Waals surface area contributed by atoms with E-state index in [1.54, 1.807) is 25.1 Å². The van der Waals surface area contributed by atoms with E-state index in [1.807, 2.05) is 0 Å². The quantitative estimate of drug-likeness (QED) is 0.929. The first kappa shape index (κ1) is 15.3. The molecule has 2 aromatic rings. The van der Waals surface area contributed by atoms with Crippen molar-refractivity contribution >= 4 is 33.3 Å². The summed E-state index contributed by atoms with van der Waals surface area (Å²) in [6.07, 6.45) is 0.